The second kappa shape index (κ2) is 2.73. The number of allylic oxidation sites excluding steroid dienone is 3. The van der Waals surface area contributed by atoms with Gasteiger partial charge in [-0.2, -0.15) is 0 Å². The minimum absolute atomic E-state index is 0.197. The molecule has 0 amide bonds. The molecule has 0 radical (unpaired) electrons. The molecular formula is C7H10FNO. The van der Waals surface area contributed by atoms with E-state index in [0.717, 1.165) is 5.76 Å². The topological polar surface area (TPSA) is 35.2 Å². The third kappa shape index (κ3) is 1.29. The van der Waals surface area contributed by atoms with Crippen molar-refractivity contribution in [1.29, 1.82) is 0 Å². The van der Waals surface area contributed by atoms with E-state index in [9.17, 15) is 4.39 Å². The zero-order valence-electron chi connectivity index (χ0n) is 5.86. The van der Waals surface area contributed by atoms with Crippen LogP contribution in [-0.4, -0.2) is 7.11 Å². The summed E-state index contributed by atoms with van der Waals surface area (Å²) in [6.45, 7) is 0. The average Bonchev–Trinajstić information content (AvgIpc) is 1.95. The second-order valence-electron chi connectivity index (χ2n) is 2.18. The van der Waals surface area contributed by atoms with E-state index in [4.69, 9.17) is 10.5 Å². The first kappa shape index (κ1) is 7.12. The lowest BCUT2D eigenvalue weighted by Gasteiger charge is -2.11. The molecule has 0 aromatic carbocycles. The maximum absolute atomic E-state index is 12.5. The number of halogens is 1. The first-order chi connectivity index (χ1) is 4.74. The first-order valence-electron chi connectivity index (χ1n) is 3.12. The Morgan fingerprint density at radius 2 is 2.30 bits per heavy atom. The number of nitrogens with two attached hydrogens (primary N) is 1. The van der Waals surface area contributed by atoms with Crippen LogP contribution in [0.15, 0.2) is 23.4 Å². The smallest absolute Gasteiger partial charge is 0.123 e. The van der Waals surface area contributed by atoms with Crippen molar-refractivity contribution in [1.82, 2.24) is 0 Å². The SMILES string of the molecule is COC1=CC(N)=C(F)CC1. The minimum atomic E-state index is -0.235. The summed E-state index contributed by atoms with van der Waals surface area (Å²) in [5.74, 6) is 0.514. The zero-order valence-corrected chi connectivity index (χ0v) is 5.86. The van der Waals surface area contributed by atoms with Crippen LogP contribution >= 0.6 is 0 Å². The maximum Gasteiger partial charge on any atom is 0.123 e. The number of rotatable bonds is 1. The van der Waals surface area contributed by atoms with Crippen molar-refractivity contribution < 1.29 is 9.13 Å². The molecule has 1 aliphatic rings. The van der Waals surface area contributed by atoms with Gasteiger partial charge in [-0.1, -0.05) is 0 Å². The van der Waals surface area contributed by atoms with Gasteiger partial charge in [-0.05, 0) is 0 Å². The number of hydrogen-bond acceptors (Lipinski definition) is 2. The Kier molecular flexibility index (Phi) is 1.94. The maximum atomic E-state index is 12.5. The Morgan fingerprint density at radius 1 is 1.60 bits per heavy atom. The molecule has 0 spiro atoms. The molecule has 0 aromatic rings. The van der Waals surface area contributed by atoms with E-state index < -0.39 is 0 Å². The molecule has 0 saturated heterocycles. The van der Waals surface area contributed by atoms with E-state index in [2.05, 4.69) is 0 Å². The fourth-order valence-electron chi connectivity index (χ4n) is 0.862. The molecule has 0 saturated carbocycles. The van der Waals surface area contributed by atoms with Crippen LogP contribution < -0.4 is 5.73 Å². The van der Waals surface area contributed by atoms with Crippen molar-refractivity contribution in [3.63, 3.8) is 0 Å². The third-order valence-electron chi connectivity index (χ3n) is 1.48. The molecule has 1 rings (SSSR count). The zero-order chi connectivity index (χ0) is 7.56. The molecule has 0 aromatic heterocycles. The molecule has 2 nitrogen and oxygen atoms in total. The summed E-state index contributed by atoms with van der Waals surface area (Å²) in [5.41, 5.74) is 5.49. The number of methoxy groups -OCH3 is 1. The lowest BCUT2D eigenvalue weighted by atomic mass is 10.1. The molecule has 0 fully saturated rings. The van der Waals surface area contributed by atoms with Gasteiger partial charge in [0, 0.05) is 18.9 Å². The largest absolute Gasteiger partial charge is 0.501 e. The van der Waals surface area contributed by atoms with Crippen molar-refractivity contribution in [3.8, 4) is 0 Å². The van der Waals surface area contributed by atoms with E-state index in [1.807, 2.05) is 0 Å². The van der Waals surface area contributed by atoms with E-state index >= 15 is 0 Å². The van der Waals surface area contributed by atoms with E-state index in [1.54, 1.807) is 7.11 Å². The van der Waals surface area contributed by atoms with Crippen LogP contribution in [0.5, 0.6) is 0 Å². The van der Waals surface area contributed by atoms with E-state index in [1.165, 1.54) is 6.08 Å². The summed E-state index contributed by atoms with van der Waals surface area (Å²) in [5, 5.41) is 0. The van der Waals surface area contributed by atoms with Crippen molar-refractivity contribution in [2.24, 2.45) is 5.73 Å². The van der Waals surface area contributed by atoms with E-state index in [-0.39, 0.29) is 11.5 Å². The van der Waals surface area contributed by atoms with Gasteiger partial charge in [0.05, 0.1) is 18.6 Å². The first-order valence-corrected chi connectivity index (χ1v) is 3.12. The van der Waals surface area contributed by atoms with Gasteiger partial charge in [0.2, 0.25) is 0 Å². The summed E-state index contributed by atoms with van der Waals surface area (Å²) in [6, 6.07) is 0. The van der Waals surface area contributed by atoms with Gasteiger partial charge in [0.15, 0.2) is 0 Å². The third-order valence-corrected chi connectivity index (χ3v) is 1.48. The van der Waals surface area contributed by atoms with Gasteiger partial charge < -0.3 is 10.5 Å². The fraction of sp³-hybridized carbons (Fsp3) is 0.429. The number of ether oxygens (including phenoxy) is 1. The molecule has 3 heteroatoms. The van der Waals surface area contributed by atoms with Crippen LogP contribution in [0.2, 0.25) is 0 Å². The summed E-state index contributed by atoms with van der Waals surface area (Å²) in [6.07, 6.45) is 2.51. The van der Waals surface area contributed by atoms with Crippen LogP contribution in [0.1, 0.15) is 12.8 Å². The molecule has 56 valence electrons. The highest BCUT2D eigenvalue weighted by molar-refractivity contribution is 5.25. The normalized spacial score (nSPS) is 18.8. The standard InChI is InChI=1S/C7H10FNO/c1-10-5-2-3-6(8)7(9)4-5/h4H,2-3,9H2,1H3. The predicted octanol–water partition coefficient (Wildman–Crippen LogP) is 1.45. The number of hydrogen-bond donors (Lipinski definition) is 1. The molecular weight excluding hydrogens is 133 g/mol. The van der Waals surface area contributed by atoms with Crippen LogP contribution in [0.3, 0.4) is 0 Å². The van der Waals surface area contributed by atoms with Crippen LogP contribution in [0, 0.1) is 0 Å². The van der Waals surface area contributed by atoms with E-state index in [0.29, 0.717) is 12.8 Å². The van der Waals surface area contributed by atoms with Gasteiger partial charge in [0.1, 0.15) is 5.83 Å². The molecule has 0 unspecified atom stereocenters. The van der Waals surface area contributed by atoms with Gasteiger partial charge in [-0.25, -0.2) is 4.39 Å². The van der Waals surface area contributed by atoms with Gasteiger partial charge in [-0.15, -0.1) is 0 Å². The Hall–Kier alpha value is -0.990. The second-order valence-corrected chi connectivity index (χ2v) is 2.18. The highest BCUT2D eigenvalue weighted by Crippen LogP contribution is 2.21. The monoisotopic (exact) mass is 143 g/mol. The predicted molar refractivity (Wildman–Crippen MR) is 36.6 cm³/mol. The van der Waals surface area contributed by atoms with Gasteiger partial charge in [-0.3, -0.25) is 0 Å². The molecule has 0 heterocycles. The fourth-order valence-corrected chi connectivity index (χ4v) is 0.862. The highest BCUT2D eigenvalue weighted by atomic mass is 19.1. The molecule has 1 aliphatic carbocycles. The molecule has 0 bridgehead atoms. The highest BCUT2D eigenvalue weighted by Gasteiger charge is 2.10. The molecule has 2 N–H and O–H groups in total. The van der Waals surface area contributed by atoms with Gasteiger partial charge >= 0.3 is 0 Å². The summed E-state index contributed by atoms with van der Waals surface area (Å²) in [7, 11) is 1.56. The summed E-state index contributed by atoms with van der Waals surface area (Å²) < 4.78 is 17.4. The molecule has 0 atom stereocenters. The van der Waals surface area contributed by atoms with Crippen LogP contribution in [-0.2, 0) is 4.74 Å². The molecule has 10 heavy (non-hydrogen) atoms. The quantitative estimate of drug-likeness (QED) is 0.603. The van der Waals surface area contributed by atoms with Crippen molar-refractivity contribution >= 4 is 0 Å². The molecule has 0 aliphatic heterocycles. The van der Waals surface area contributed by atoms with Crippen molar-refractivity contribution in [3.05, 3.63) is 23.4 Å². The average molecular weight is 143 g/mol. The summed E-state index contributed by atoms with van der Waals surface area (Å²) >= 11 is 0. The van der Waals surface area contributed by atoms with Crippen LogP contribution in [0.25, 0.3) is 0 Å². The lowest BCUT2D eigenvalue weighted by molar-refractivity contribution is 0.271. The Morgan fingerprint density at radius 3 is 2.80 bits per heavy atom. The Labute approximate surface area is 59.2 Å². The Balaban J connectivity index is 2.76. The van der Waals surface area contributed by atoms with Gasteiger partial charge in [0.25, 0.3) is 0 Å². The van der Waals surface area contributed by atoms with Crippen molar-refractivity contribution in [2.45, 2.75) is 12.8 Å². The van der Waals surface area contributed by atoms with Crippen LogP contribution in [0.4, 0.5) is 4.39 Å². The lowest BCUT2D eigenvalue weighted by Crippen LogP contribution is -2.04. The Bertz CT molecular complexity index is 196. The summed E-state index contributed by atoms with van der Waals surface area (Å²) in [4.78, 5) is 0. The minimum Gasteiger partial charge on any atom is -0.501 e. The van der Waals surface area contributed by atoms with Crippen molar-refractivity contribution in [2.75, 3.05) is 7.11 Å².